The van der Waals surface area contributed by atoms with Crippen molar-refractivity contribution in [2.75, 3.05) is 46.4 Å². The molecule has 1 atom stereocenters. The number of carbonyl (C=O) groups excluding carboxylic acids is 1. The van der Waals surface area contributed by atoms with Crippen LogP contribution in [0.3, 0.4) is 0 Å². The van der Waals surface area contributed by atoms with Gasteiger partial charge in [-0.25, -0.2) is 17.9 Å². The first-order valence-electron chi connectivity index (χ1n) is 13.7. The van der Waals surface area contributed by atoms with E-state index in [9.17, 15) is 18.0 Å². The number of sulfonamides is 1. The number of aromatic amines is 1. The zero-order valence-electron chi connectivity index (χ0n) is 23.7. The molecule has 5 rings (SSSR count). The number of nitrogens with zero attached hydrogens (tertiary/aromatic N) is 6. The summed E-state index contributed by atoms with van der Waals surface area (Å²) in [4.78, 5) is 36.9. The fraction of sp³-hybridized carbons (Fsp3) is 0.556. The number of nitrogens with one attached hydrogen (secondary N) is 1. The minimum absolute atomic E-state index is 0.0432. The van der Waals surface area contributed by atoms with Crippen molar-refractivity contribution in [3.05, 3.63) is 40.1 Å². The third-order valence-corrected chi connectivity index (χ3v) is 9.72. The SMILES string of the molecule is CCCc1nc(C)c2c(=O)[nH]c(-c3cc(S(=O)(=O)N4CCN(C(C)=O)C5(CCN(C)C5)C4)ccc3OCC)nn12. The summed E-state index contributed by atoms with van der Waals surface area (Å²) >= 11 is 0. The summed E-state index contributed by atoms with van der Waals surface area (Å²) in [5.74, 6) is 1.23. The lowest BCUT2D eigenvalue weighted by atomic mass is 9.93. The van der Waals surface area contributed by atoms with Crippen molar-refractivity contribution in [2.24, 2.45) is 0 Å². The minimum Gasteiger partial charge on any atom is -0.493 e. The second-order valence-electron chi connectivity index (χ2n) is 10.7. The van der Waals surface area contributed by atoms with Gasteiger partial charge in [0.25, 0.3) is 5.56 Å². The Bertz CT molecular complexity index is 1620. The third-order valence-electron chi connectivity index (χ3n) is 7.88. The Hall–Kier alpha value is -3.29. The minimum atomic E-state index is -3.94. The standard InChI is InChI=1S/C27H37N7O5S/c1-6-8-23-28-18(3)24-26(36)29-25(30-34(23)24)21-15-20(9-10-22(21)39-7-2)40(37,38)32-13-14-33(19(4)35)27(17-32)11-12-31(5)16-27/h9-10,15H,6-8,11-14,16-17H2,1-5H3,(H,29,30,36). The fourth-order valence-electron chi connectivity index (χ4n) is 6.07. The Morgan fingerprint density at radius 3 is 2.60 bits per heavy atom. The lowest BCUT2D eigenvalue weighted by molar-refractivity contribution is -0.137. The maximum Gasteiger partial charge on any atom is 0.277 e. The normalized spacial score (nSPS) is 20.6. The van der Waals surface area contributed by atoms with Crippen LogP contribution in [0.25, 0.3) is 16.9 Å². The molecule has 1 aromatic carbocycles. The molecule has 1 N–H and O–H groups in total. The Balaban J connectivity index is 1.58. The van der Waals surface area contributed by atoms with Crippen LogP contribution in [0.5, 0.6) is 5.75 Å². The number of likely N-dealkylation sites (N-methyl/N-ethyl adjacent to an activating group) is 1. The largest absolute Gasteiger partial charge is 0.493 e. The Morgan fingerprint density at radius 2 is 1.95 bits per heavy atom. The molecule has 2 saturated heterocycles. The number of hydrogen-bond acceptors (Lipinski definition) is 8. The number of aromatic nitrogens is 4. The van der Waals surface area contributed by atoms with Gasteiger partial charge in [-0.2, -0.15) is 4.31 Å². The van der Waals surface area contributed by atoms with Gasteiger partial charge in [0.05, 0.1) is 28.3 Å². The lowest BCUT2D eigenvalue weighted by Crippen LogP contribution is -2.65. The monoisotopic (exact) mass is 571 g/mol. The van der Waals surface area contributed by atoms with Gasteiger partial charge in [-0.3, -0.25) is 9.59 Å². The molecule has 2 aliphatic heterocycles. The molecule has 0 saturated carbocycles. The predicted octanol–water partition coefficient (Wildman–Crippen LogP) is 1.67. The maximum atomic E-state index is 14.0. The van der Waals surface area contributed by atoms with E-state index in [-0.39, 0.29) is 35.3 Å². The second kappa shape index (κ2) is 10.6. The number of rotatable bonds is 7. The summed E-state index contributed by atoms with van der Waals surface area (Å²) in [6, 6.07) is 4.64. The number of ether oxygens (including phenoxy) is 1. The molecule has 13 heteroatoms. The number of piperazine rings is 1. The number of hydrogen-bond donors (Lipinski definition) is 1. The summed E-state index contributed by atoms with van der Waals surface area (Å²) < 4.78 is 36.9. The van der Waals surface area contributed by atoms with Crippen molar-refractivity contribution >= 4 is 21.4 Å². The van der Waals surface area contributed by atoms with Gasteiger partial charge in [0, 0.05) is 46.1 Å². The van der Waals surface area contributed by atoms with E-state index in [1.54, 1.807) is 24.4 Å². The molecule has 1 unspecified atom stereocenters. The Labute approximate surface area is 234 Å². The summed E-state index contributed by atoms with van der Waals surface area (Å²) in [5.41, 5.74) is 0.395. The van der Waals surface area contributed by atoms with Gasteiger partial charge in [0.15, 0.2) is 11.3 Å². The maximum absolute atomic E-state index is 14.0. The van der Waals surface area contributed by atoms with Crippen LogP contribution in [-0.2, 0) is 21.2 Å². The van der Waals surface area contributed by atoms with Crippen molar-refractivity contribution in [2.45, 2.75) is 57.4 Å². The van der Waals surface area contributed by atoms with Crippen LogP contribution in [0.15, 0.2) is 27.9 Å². The van der Waals surface area contributed by atoms with Crippen molar-refractivity contribution in [3.63, 3.8) is 0 Å². The molecule has 0 bridgehead atoms. The summed E-state index contributed by atoms with van der Waals surface area (Å²) in [6.45, 7) is 9.67. The molecule has 2 aliphatic rings. The van der Waals surface area contributed by atoms with E-state index in [1.807, 2.05) is 25.8 Å². The predicted molar refractivity (Wildman–Crippen MR) is 150 cm³/mol. The van der Waals surface area contributed by atoms with Crippen LogP contribution in [-0.4, -0.2) is 99.9 Å². The van der Waals surface area contributed by atoms with E-state index in [1.165, 1.54) is 16.4 Å². The van der Waals surface area contributed by atoms with Gasteiger partial charge < -0.3 is 19.5 Å². The van der Waals surface area contributed by atoms with Crippen LogP contribution in [0.2, 0.25) is 0 Å². The molecule has 2 aromatic heterocycles. The number of imidazole rings is 1. The molecule has 3 aromatic rings. The molecule has 40 heavy (non-hydrogen) atoms. The summed E-state index contributed by atoms with van der Waals surface area (Å²) in [6.07, 6.45) is 2.18. The number of aryl methyl sites for hydroxylation is 2. The smallest absolute Gasteiger partial charge is 0.277 e. The first-order chi connectivity index (χ1) is 19.0. The Morgan fingerprint density at radius 1 is 1.18 bits per heavy atom. The van der Waals surface area contributed by atoms with Gasteiger partial charge >= 0.3 is 0 Å². The van der Waals surface area contributed by atoms with Crippen molar-refractivity contribution in [3.8, 4) is 17.1 Å². The van der Waals surface area contributed by atoms with E-state index >= 15 is 0 Å². The number of fused-ring (bicyclic) bond motifs is 1. The van der Waals surface area contributed by atoms with Crippen LogP contribution in [0, 0.1) is 6.92 Å². The molecule has 2 fully saturated rings. The molecular formula is C27H37N7O5S. The van der Waals surface area contributed by atoms with E-state index in [0.29, 0.717) is 60.9 Å². The van der Waals surface area contributed by atoms with E-state index in [4.69, 9.17) is 4.74 Å². The molecule has 0 radical (unpaired) electrons. The highest BCUT2D eigenvalue weighted by Gasteiger charge is 2.49. The van der Waals surface area contributed by atoms with Gasteiger partial charge in [0.2, 0.25) is 15.9 Å². The summed E-state index contributed by atoms with van der Waals surface area (Å²) in [5, 5.41) is 4.68. The zero-order valence-corrected chi connectivity index (χ0v) is 24.5. The first-order valence-corrected chi connectivity index (χ1v) is 15.2. The molecule has 216 valence electrons. The highest BCUT2D eigenvalue weighted by atomic mass is 32.2. The highest BCUT2D eigenvalue weighted by molar-refractivity contribution is 7.89. The molecule has 1 spiro atoms. The van der Waals surface area contributed by atoms with Crippen molar-refractivity contribution in [1.29, 1.82) is 0 Å². The van der Waals surface area contributed by atoms with Gasteiger partial charge in [-0.1, -0.05) is 6.92 Å². The number of benzene rings is 1. The van der Waals surface area contributed by atoms with Crippen LogP contribution in [0.1, 0.15) is 45.1 Å². The van der Waals surface area contributed by atoms with E-state index in [2.05, 4.69) is 20.0 Å². The van der Waals surface area contributed by atoms with Crippen LogP contribution in [0.4, 0.5) is 0 Å². The lowest BCUT2D eigenvalue weighted by Gasteiger charge is -2.48. The van der Waals surface area contributed by atoms with Crippen LogP contribution >= 0.6 is 0 Å². The topological polar surface area (TPSA) is 133 Å². The van der Waals surface area contributed by atoms with Gasteiger partial charge in [-0.05, 0) is 51.9 Å². The number of carbonyl (C=O) groups is 1. The average molecular weight is 572 g/mol. The van der Waals surface area contributed by atoms with Gasteiger partial charge in [-0.15, -0.1) is 5.10 Å². The van der Waals surface area contributed by atoms with Crippen molar-refractivity contribution < 1.29 is 17.9 Å². The average Bonchev–Trinajstić information content (AvgIpc) is 3.43. The van der Waals surface area contributed by atoms with Crippen LogP contribution < -0.4 is 10.3 Å². The van der Waals surface area contributed by atoms with E-state index in [0.717, 1.165) is 13.0 Å². The zero-order chi connectivity index (χ0) is 28.8. The second-order valence-corrected chi connectivity index (χ2v) is 12.7. The fourth-order valence-corrected chi connectivity index (χ4v) is 7.61. The number of likely N-dealkylation sites (tertiary alicyclic amines) is 1. The molecule has 12 nitrogen and oxygen atoms in total. The molecule has 4 heterocycles. The Kier molecular flexibility index (Phi) is 7.48. The molecule has 1 amide bonds. The highest BCUT2D eigenvalue weighted by Crippen LogP contribution is 2.36. The number of H-pyrrole nitrogens is 1. The number of amides is 1. The van der Waals surface area contributed by atoms with E-state index < -0.39 is 15.6 Å². The molecule has 0 aliphatic carbocycles. The van der Waals surface area contributed by atoms with Gasteiger partial charge in [0.1, 0.15) is 11.6 Å². The first kappa shape index (κ1) is 28.2. The molecular weight excluding hydrogens is 534 g/mol. The van der Waals surface area contributed by atoms with Crippen molar-refractivity contribution in [1.82, 2.24) is 33.7 Å². The third kappa shape index (κ3) is 4.79. The summed E-state index contributed by atoms with van der Waals surface area (Å²) in [7, 11) is -1.95. The quantitative estimate of drug-likeness (QED) is 0.453.